The molecule has 0 aliphatic heterocycles. The Kier molecular flexibility index (Phi) is 7.51. The molecule has 0 bridgehead atoms. The molecule has 1 aromatic rings. The Labute approximate surface area is 158 Å². The smallest absolute Gasteiger partial charge is 0.244 e. The van der Waals surface area contributed by atoms with Crippen LogP contribution in [0.1, 0.15) is 57.8 Å². The van der Waals surface area contributed by atoms with E-state index >= 15 is 0 Å². The minimum absolute atomic E-state index is 0. The average Bonchev–Trinajstić information content (AvgIpc) is 2.75. The summed E-state index contributed by atoms with van der Waals surface area (Å²) in [5.74, 6) is 0.637. The van der Waals surface area contributed by atoms with E-state index in [9.17, 15) is 8.42 Å². The Morgan fingerprint density at radius 1 is 1.36 bits per heavy atom. The molecule has 6 nitrogen and oxygen atoms in total. The van der Waals surface area contributed by atoms with E-state index in [0.29, 0.717) is 35.3 Å². The van der Waals surface area contributed by atoms with Gasteiger partial charge in [-0.25, -0.2) is 13.1 Å². The van der Waals surface area contributed by atoms with Crippen LogP contribution in [0.15, 0.2) is 4.90 Å². The van der Waals surface area contributed by atoms with Crippen LogP contribution in [-0.2, 0) is 16.6 Å². The van der Waals surface area contributed by atoms with Gasteiger partial charge in [0.25, 0.3) is 0 Å². The van der Waals surface area contributed by atoms with Gasteiger partial charge in [0.05, 0.1) is 11.4 Å². The molecule has 1 saturated carbocycles. The normalized spacial score (nSPS) is 24.4. The number of hydrogen-bond donors (Lipinski definition) is 2. The molecule has 2 unspecified atom stereocenters. The zero-order valence-corrected chi connectivity index (χ0v) is 17.6. The molecule has 3 N–H and O–H groups in total. The summed E-state index contributed by atoms with van der Waals surface area (Å²) in [6, 6.07) is 0. The van der Waals surface area contributed by atoms with Crippen LogP contribution in [0.4, 0.5) is 0 Å². The number of rotatable bonds is 6. The molecule has 25 heavy (non-hydrogen) atoms. The predicted octanol–water partition coefficient (Wildman–Crippen LogP) is 2.76. The van der Waals surface area contributed by atoms with Gasteiger partial charge in [-0.05, 0) is 38.5 Å². The topological polar surface area (TPSA) is 90.0 Å². The maximum absolute atomic E-state index is 13.1. The molecule has 0 spiro atoms. The summed E-state index contributed by atoms with van der Waals surface area (Å²) in [4.78, 5) is 0.314. The number of sulfonamides is 1. The van der Waals surface area contributed by atoms with E-state index in [1.54, 1.807) is 11.6 Å². The molecule has 0 radical (unpaired) electrons. The van der Waals surface area contributed by atoms with Gasteiger partial charge in [0.2, 0.25) is 10.0 Å². The third kappa shape index (κ3) is 4.56. The number of nitrogens with zero attached hydrogens (tertiary/aromatic N) is 2. The maximum atomic E-state index is 13.1. The van der Waals surface area contributed by atoms with Crippen LogP contribution in [0.5, 0.6) is 0 Å². The van der Waals surface area contributed by atoms with Crippen molar-refractivity contribution in [1.29, 1.82) is 0 Å². The Morgan fingerprint density at radius 2 is 2.00 bits per heavy atom. The number of aromatic nitrogens is 2. The quantitative estimate of drug-likeness (QED) is 0.778. The van der Waals surface area contributed by atoms with E-state index in [0.717, 1.165) is 25.7 Å². The fraction of sp³-hybridized carbons (Fsp3) is 0.824. The summed E-state index contributed by atoms with van der Waals surface area (Å²) in [5.41, 5.74) is 6.72. The highest BCUT2D eigenvalue weighted by Gasteiger charge is 2.41. The molecule has 0 saturated heterocycles. The van der Waals surface area contributed by atoms with E-state index in [4.69, 9.17) is 5.73 Å². The van der Waals surface area contributed by atoms with Gasteiger partial charge < -0.3 is 5.73 Å². The summed E-state index contributed by atoms with van der Waals surface area (Å²) in [7, 11) is -3.65. The number of nitrogens with one attached hydrogen (secondary N) is 1. The molecule has 0 amide bonds. The van der Waals surface area contributed by atoms with Crippen molar-refractivity contribution < 1.29 is 8.42 Å². The zero-order valence-electron chi connectivity index (χ0n) is 16.0. The van der Waals surface area contributed by atoms with Crippen molar-refractivity contribution in [1.82, 2.24) is 14.5 Å². The van der Waals surface area contributed by atoms with Crippen molar-refractivity contribution in [2.75, 3.05) is 6.54 Å². The molecule has 1 fully saturated rings. The van der Waals surface area contributed by atoms with Crippen LogP contribution >= 0.6 is 12.4 Å². The molecule has 8 heteroatoms. The van der Waals surface area contributed by atoms with E-state index < -0.39 is 15.6 Å². The number of nitrogens with two attached hydrogens (primary N) is 1. The van der Waals surface area contributed by atoms with E-state index in [-0.39, 0.29) is 18.3 Å². The van der Waals surface area contributed by atoms with Crippen LogP contribution in [0.2, 0.25) is 0 Å². The fourth-order valence-electron chi connectivity index (χ4n) is 3.82. The largest absolute Gasteiger partial charge is 0.329 e. The zero-order chi connectivity index (χ0) is 18.1. The lowest BCUT2D eigenvalue weighted by Crippen LogP contribution is -2.59. The third-order valence-electron chi connectivity index (χ3n) is 5.28. The van der Waals surface area contributed by atoms with Crippen LogP contribution in [0, 0.1) is 25.7 Å². The number of aryl methyl sites for hydroxylation is 1. The monoisotopic (exact) mass is 392 g/mol. The van der Waals surface area contributed by atoms with Crippen molar-refractivity contribution in [3.8, 4) is 0 Å². The molecule has 1 heterocycles. The minimum Gasteiger partial charge on any atom is -0.329 e. The first-order valence-corrected chi connectivity index (χ1v) is 10.4. The van der Waals surface area contributed by atoms with Gasteiger partial charge in [-0.1, -0.05) is 33.6 Å². The van der Waals surface area contributed by atoms with Crippen molar-refractivity contribution in [2.24, 2.45) is 17.6 Å². The number of halogens is 1. The first-order valence-electron chi connectivity index (χ1n) is 8.91. The van der Waals surface area contributed by atoms with E-state index in [1.807, 2.05) is 6.92 Å². The maximum Gasteiger partial charge on any atom is 0.244 e. The minimum atomic E-state index is -3.65. The van der Waals surface area contributed by atoms with Crippen LogP contribution in [-0.4, -0.2) is 30.3 Å². The third-order valence-corrected chi connectivity index (χ3v) is 7.08. The van der Waals surface area contributed by atoms with Gasteiger partial charge in [-0.2, -0.15) is 5.10 Å². The summed E-state index contributed by atoms with van der Waals surface area (Å²) >= 11 is 0. The van der Waals surface area contributed by atoms with E-state index in [2.05, 4.69) is 30.6 Å². The predicted molar refractivity (Wildman–Crippen MR) is 104 cm³/mol. The first kappa shape index (κ1) is 22.4. The van der Waals surface area contributed by atoms with Crippen LogP contribution in [0.3, 0.4) is 0 Å². The average molecular weight is 393 g/mol. The molecule has 1 aromatic heterocycles. The van der Waals surface area contributed by atoms with E-state index in [1.165, 1.54) is 0 Å². The Balaban J connectivity index is 0.00000312. The van der Waals surface area contributed by atoms with Gasteiger partial charge in [-0.15, -0.1) is 12.4 Å². The van der Waals surface area contributed by atoms with Gasteiger partial charge in [0.1, 0.15) is 4.90 Å². The molecule has 1 aliphatic carbocycles. The summed E-state index contributed by atoms with van der Waals surface area (Å²) in [6.07, 6.45) is 3.94. The first-order chi connectivity index (χ1) is 11.1. The molecule has 146 valence electrons. The molecule has 2 atom stereocenters. The standard InChI is InChI=1S/C17H32N4O2S.ClH/c1-12(2)10-21-15(5)16(14(4)19-21)24(22,23)20-17(11-18)9-7-6-8-13(17)3;/h12-13,20H,6-11,18H2,1-5H3;1H. The van der Waals surface area contributed by atoms with Crippen molar-refractivity contribution in [3.63, 3.8) is 0 Å². The highest BCUT2D eigenvalue weighted by Crippen LogP contribution is 2.35. The molecular weight excluding hydrogens is 360 g/mol. The highest BCUT2D eigenvalue weighted by atomic mass is 35.5. The SMILES string of the molecule is Cc1nn(CC(C)C)c(C)c1S(=O)(=O)NC1(CN)CCCCC1C.Cl. The van der Waals surface area contributed by atoms with Gasteiger partial charge in [-0.3, -0.25) is 4.68 Å². The van der Waals surface area contributed by atoms with Gasteiger partial charge in [0.15, 0.2) is 0 Å². The second-order valence-electron chi connectivity index (χ2n) is 7.69. The highest BCUT2D eigenvalue weighted by molar-refractivity contribution is 7.89. The van der Waals surface area contributed by atoms with Crippen molar-refractivity contribution in [2.45, 2.75) is 77.3 Å². The van der Waals surface area contributed by atoms with Crippen LogP contribution < -0.4 is 10.5 Å². The van der Waals surface area contributed by atoms with Gasteiger partial charge in [0, 0.05) is 18.6 Å². The molecule has 1 aliphatic rings. The summed E-state index contributed by atoms with van der Waals surface area (Å²) < 4.78 is 31.0. The summed E-state index contributed by atoms with van der Waals surface area (Å²) in [6.45, 7) is 10.9. The van der Waals surface area contributed by atoms with Crippen LogP contribution in [0.25, 0.3) is 0 Å². The van der Waals surface area contributed by atoms with Crippen molar-refractivity contribution >= 4 is 22.4 Å². The Hall–Kier alpha value is -0.630. The van der Waals surface area contributed by atoms with Gasteiger partial charge >= 0.3 is 0 Å². The second-order valence-corrected chi connectivity index (χ2v) is 9.31. The lowest BCUT2D eigenvalue weighted by atomic mass is 9.74. The molecule has 2 rings (SSSR count). The molecule has 0 aromatic carbocycles. The lowest BCUT2D eigenvalue weighted by Gasteiger charge is -2.42. The lowest BCUT2D eigenvalue weighted by molar-refractivity contribution is 0.191. The molecular formula is C17H33ClN4O2S. The van der Waals surface area contributed by atoms with Crippen molar-refractivity contribution in [3.05, 3.63) is 11.4 Å². The summed E-state index contributed by atoms with van der Waals surface area (Å²) in [5, 5.41) is 4.44. The Bertz CT molecular complexity index is 687. The Morgan fingerprint density at radius 3 is 2.52 bits per heavy atom. The second kappa shape index (κ2) is 8.37. The number of hydrogen-bond acceptors (Lipinski definition) is 4. The fourth-order valence-corrected chi connectivity index (χ4v) is 5.77.